The van der Waals surface area contributed by atoms with E-state index >= 15 is 0 Å². The number of para-hydroxylation sites is 3. The standard InChI is InChI=1S/C20H24N2O3/c1-16(23)21-15-9-3-6-14-20(24)22-18-12-7-8-13-19(18)25-17-10-4-2-5-11-17/h2,4-5,7-8,10-13H,3,6,9,14-15H2,1H3,(H,21,23)(H,22,24). The van der Waals surface area contributed by atoms with Gasteiger partial charge in [-0.3, -0.25) is 9.59 Å². The molecule has 0 spiro atoms. The lowest BCUT2D eigenvalue weighted by molar-refractivity contribution is -0.119. The molecule has 2 aromatic rings. The van der Waals surface area contributed by atoms with Crippen molar-refractivity contribution in [3.63, 3.8) is 0 Å². The third-order valence-corrected chi connectivity index (χ3v) is 3.59. The van der Waals surface area contributed by atoms with Crippen molar-refractivity contribution < 1.29 is 14.3 Å². The summed E-state index contributed by atoms with van der Waals surface area (Å²) in [7, 11) is 0. The Bertz CT molecular complexity index is 686. The Kier molecular flexibility index (Phi) is 7.50. The summed E-state index contributed by atoms with van der Waals surface area (Å²) in [6.07, 6.45) is 3.00. The van der Waals surface area contributed by atoms with Crippen LogP contribution in [0, 0.1) is 0 Å². The van der Waals surface area contributed by atoms with Crippen molar-refractivity contribution in [3.05, 3.63) is 54.6 Å². The monoisotopic (exact) mass is 340 g/mol. The molecule has 0 fully saturated rings. The molecule has 0 aliphatic rings. The maximum Gasteiger partial charge on any atom is 0.224 e. The number of carbonyl (C=O) groups excluding carboxylic acids is 2. The Balaban J connectivity index is 1.79. The molecule has 0 unspecified atom stereocenters. The van der Waals surface area contributed by atoms with Crippen molar-refractivity contribution in [2.75, 3.05) is 11.9 Å². The molecule has 0 aliphatic heterocycles. The number of unbranched alkanes of at least 4 members (excludes halogenated alkanes) is 2. The molecular weight excluding hydrogens is 316 g/mol. The highest BCUT2D eigenvalue weighted by molar-refractivity contribution is 5.92. The summed E-state index contributed by atoms with van der Waals surface area (Å²) in [5.41, 5.74) is 0.662. The number of hydrogen-bond acceptors (Lipinski definition) is 3. The molecule has 2 rings (SSSR count). The van der Waals surface area contributed by atoms with Gasteiger partial charge in [0.15, 0.2) is 5.75 Å². The molecular formula is C20H24N2O3. The minimum absolute atomic E-state index is 0.0206. The molecule has 0 atom stereocenters. The van der Waals surface area contributed by atoms with Gasteiger partial charge in [0.25, 0.3) is 0 Å². The van der Waals surface area contributed by atoms with Crippen molar-refractivity contribution in [1.82, 2.24) is 5.32 Å². The Morgan fingerprint density at radius 1 is 0.920 bits per heavy atom. The molecule has 0 bridgehead atoms. The summed E-state index contributed by atoms with van der Waals surface area (Å²) in [6.45, 7) is 2.16. The molecule has 0 aromatic heterocycles. The van der Waals surface area contributed by atoms with Gasteiger partial charge in [-0.05, 0) is 37.1 Å². The molecule has 0 radical (unpaired) electrons. The smallest absolute Gasteiger partial charge is 0.224 e. The van der Waals surface area contributed by atoms with E-state index in [1.807, 2.05) is 54.6 Å². The first-order chi connectivity index (χ1) is 12.1. The van der Waals surface area contributed by atoms with Crippen LogP contribution in [0.25, 0.3) is 0 Å². The molecule has 2 N–H and O–H groups in total. The number of nitrogens with one attached hydrogen (secondary N) is 2. The maximum absolute atomic E-state index is 12.1. The van der Waals surface area contributed by atoms with Gasteiger partial charge in [0, 0.05) is 19.9 Å². The summed E-state index contributed by atoms with van der Waals surface area (Å²) < 4.78 is 5.84. The number of ether oxygens (including phenoxy) is 1. The fraction of sp³-hybridized carbons (Fsp3) is 0.300. The molecule has 0 saturated carbocycles. The fourth-order valence-corrected chi connectivity index (χ4v) is 2.34. The molecule has 2 aromatic carbocycles. The number of anilines is 1. The Morgan fingerprint density at radius 3 is 2.40 bits per heavy atom. The second-order valence-corrected chi connectivity index (χ2v) is 5.75. The van der Waals surface area contributed by atoms with Gasteiger partial charge in [-0.1, -0.05) is 36.8 Å². The summed E-state index contributed by atoms with van der Waals surface area (Å²) in [5.74, 6) is 1.28. The first-order valence-electron chi connectivity index (χ1n) is 8.51. The zero-order valence-corrected chi connectivity index (χ0v) is 14.5. The van der Waals surface area contributed by atoms with Gasteiger partial charge < -0.3 is 15.4 Å². The number of rotatable bonds is 9. The van der Waals surface area contributed by atoms with Crippen LogP contribution in [0.4, 0.5) is 5.69 Å². The molecule has 5 nitrogen and oxygen atoms in total. The lowest BCUT2D eigenvalue weighted by atomic mass is 10.2. The first kappa shape index (κ1) is 18.5. The highest BCUT2D eigenvalue weighted by Crippen LogP contribution is 2.29. The van der Waals surface area contributed by atoms with Crippen LogP contribution in [-0.4, -0.2) is 18.4 Å². The molecule has 2 amide bonds. The van der Waals surface area contributed by atoms with Gasteiger partial charge in [0.1, 0.15) is 5.75 Å². The summed E-state index contributed by atoms with van der Waals surface area (Å²) in [6, 6.07) is 16.8. The molecule has 25 heavy (non-hydrogen) atoms. The van der Waals surface area contributed by atoms with Crippen molar-refractivity contribution >= 4 is 17.5 Å². The fourth-order valence-electron chi connectivity index (χ4n) is 2.34. The van der Waals surface area contributed by atoms with Gasteiger partial charge in [0.05, 0.1) is 5.69 Å². The van der Waals surface area contributed by atoms with Gasteiger partial charge in [0.2, 0.25) is 11.8 Å². The quantitative estimate of drug-likeness (QED) is 0.675. The Labute approximate surface area is 148 Å². The van der Waals surface area contributed by atoms with Gasteiger partial charge in [-0.15, -0.1) is 0 Å². The SMILES string of the molecule is CC(=O)NCCCCCC(=O)Nc1ccccc1Oc1ccccc1. The van der Waals surface area contributed by atoms with Crippen molar-refractivity contribution in [2.45, 2.75) is 32.6 Å². The van der Waals surface area contributed by atoms with Crippen LogP contribution >= 0.6 is 0 Å². The van der Waals surface area contributed by atoms with E-state index in [4.69, 9.17) is 4.74 Å². The predicted octanol–water partition coefficient (Wildman–Crippen LogP) is 4.11. The normalized spacial score (nSPS) is 10.1. The number of hydrogen-bond donors (Lipinski definition) is 2. The highest BCUT2D eigenvalue weighted by atomic mass is 16.5. The van der Waals surface area contributed by atoms with Crippen LogP contribution < -0.4 is 15.4 Å². The van der Waals surface area contributed by atoms with Crippen LogP contribution in [-0.2, 0) is 9.59 Å². The van der Waals surface area contributed by atoms with E-state index in [-0.39, 0.29) is 11.8 Å². The van der Waals surface area contributed by atoms with E-state index in [1.165, 1.54) is 6.92 Å². The van der Waals surface area contributed by atoms with Crippen LogP contribution in [0.15, 0.2) is 54.6 Å². The third-order valence-electron chi connectivity index (χ3n) is 3.59. The highest BCUT2D eigenvalue weighted by Gasteiger charge is 2.08. The molecule has 5 heteroatoms. The second kappa shape index (κ2) is 10.1. The average Bonchev–Trinajstić information content (AvgIpc) is 2.60. The minimum atomic E-state index is -0.0383. The van der Waals surface area contributed by atoms with Gasteiger partial charge >= 0.3 is 0 Å². The first-order valence-corrected chi connectivity index (χ1v) is 8.51. The van der Waals surface area contributed by atoms with E-state index in [2.05, 4.69) is 10.6 Å². The number of carbonyl (C=O) groups is 2. The molecule has 0 saturated heterocycles. The van der Waals surface area contributed by atoms with E-state index in [0.29, 0.717) is 24.4 Å². The average molecular weight is 340 g/mol. The van der Waals surface area contributed by atoms with Gasteiger partial charge in [-0.2, -0.15) is 0 Å². The minimum Gasteiger partial charge on any atom is -0.455 e. The van der Waals surface area contributed by atoms with E-state index < -0.39 is 0 Å². The number of benzene rings is 2. The van der Waals surface area contributed by atoms with Crippen LogP contribution in [0.3, 0.4) is 0 Å². The van der Waals surface area contributed by atoms with Crippen LogP contribution in [0.1, 0.15) is 32.6 Å². The molecule has 132 valence electrons. The summed E-state index contributed by atoms with van der Waals surface area (Å²) in [4.78, 5) is 22.9. The Morgan fingerprint density at radius 2 is 1.64 bits per heavy atom. The van der Waals surface area contributed by atoms with E-state index in [0.717, 1.165) is 25.0 Å². The van der Waals surface area contributed by atoms with E-state index in [9.17, 15) is 9.59 Å². The Hall–Kier alpha value is -2.82. The molecule has 0 aliphatic carbocycles. The van der Waals surface area contributed by atoms with Gasteiger partial charge in [-0.25, -0.2) is 0 Å². The predicted molar refractivity (Wildman–Crippen MR) is 98.7 cm³/mol. The van der Waals surface area contributed by atoms with E-state index in [1.54, 1.807) is 0 Å². The topological polar surface area (TPSA) is 67.4 Å². The summed E-state index contributed by atoms with van der Waals surface area (Å²) >= 11 is 0. The lowest BCUT2D eigenvalue weighted by Crippen LogP contribution is -2.20. The van der Waals surface area contributed by atoms with Crippen molar-refractivity contribution in [2.24, 2.45) is 0 Å². The largest absolute Gasteiger partial charge is 0.455 e. The zero-order valence-electron chi connectivity index (χ0n) is 14.5. The van der Waals surface area contributed by atoms with Crippen molar-refractivity contribution in [1.29, 1.82) is 0 Å². The number of amides is 2. The summed E-state index contributed by atoms with van der Waals surface area (Å²) in [5, 5.41) is 5.65. The third kappa shape index (κ3) is 7.08. The van der Waals surface area contributed by atoms with Crippen molar-refractivity contribution in [3.8, 4) is 11.5 Å². The maximum atomic E-state index is 12.1. The van der Waals surface area contributed by atoms with Crippen LogP contribution in [0.5, 0.6) is 11.5 Å². The lowest BCUT2D eigenvalue weighted by Gasteiger charge is -2.12. The zero-order chi connectivity index (χ0) is 17.9. The van der Waals surface area contributed by atoms with Crippen LogP contribution in [0.2, 0.25) is 0 Å². The second-order valence-electron chi connectivity index (χ2n) is 5.75. The molecule has 0 heterocycles.